The third-order valence-electron chi connectivity index (χ3n) is 3.59. The quantitative estimate of drug-likeness (QED) is 0.608. The van der Waals surface area contributed by atoms with Crippen molar-refractivity contribution in [1.82, 2.24) is 0 Å². The van der Waals surface area contributed by atoms with Crippen LogP contribution >= 0.6 is 0 Å². The van der Waals surface area contributed by atoms with Crippen LogP contribution in [0, 0.1) is 0 Å². The van der Waals surface area contributed by atoms with Gasteiger partial charge in [-0.3, -0.25) is 4.79 Å². The summed E-state index contributed by atoms with van der Waals surface area (Å²) in [6, 6.07) is 16.9. The number of hydrogen-bond donors (Lipinski definition) is 0. The summed E-state index contributed by atoms with van der Waals surface area (Å²) >= 11 is 0. The molecule has 6 heteroatoms. The van der Waals surface area contributed by atoms with E-state index in [4.69, 9.17) is 14.2 Å². The summed E-state index contributed by atoms with van der Waals surface area (Å²) in [5.74, 6) is -1.46. The summed E-state index contributed by atoms with van der Waals surface area (Å²) in [5.41, 5.74) is 0.772. The molecule has 0 radical (unpaired) electrons. The molecule has 0 bridgehead atoms. The van der Waals surface area contributed by atoms with Gasteiger partial charge in [0.1, 0.15) is 18.8 Å². The van der Waals surface area contributed by atoms with Gasteiger partial charge in [0.05, 0.1) is 11.1 Å². The Morgan fingerprint density at radius 1 is 0.923 bits per heavy atom. The first kappa shape index (κ1) is 17.4. The Balaban J connectivity index is 1.61. The molecule has 0 spiro atoms. The third kappa shape index (κ3) is 4.57. The number of carbonyl (C=O) groups excluding carboxylic acids is 3. The molecule has 1 aliphatic rings. The molecule has 1 atom stereocenters. The highest BCUT2D eigenvalue weighted by molar-refractivity contribution is 5.90. The molecule has 0 amide bonds. The van der Waals surface area contributed by atoms with E-state index in [1.54, 1.807) is 60.7 Å². The lowest BCUT2D eigenvalue weighted by Gasteiger charge is -2.21. The van der Waals surface area contributed by atoms with Crippen LogP contribution in [0.15, 0.2) is 72.5 Å². The van der Waals surface area contributed by atoms with E-state index in [1.165, 1.54) is 6.08 Å². The van der Waals surface area contributed by atoms with Crippen LogP contribution in [0.5, 0.6) is 0 Å². The van der Waals surface area contributed by atoms with Crippen molar-refractivity contribution in [2.45, 2.75) is 12.5 Å². The Kier molecular flexibility index (Phi) is 5.43. The fraction of sp³-hybridized carbons (Fsp3) is 0.150. The van der Waals surface area contributed by atoms with Gasteiger partial charge in [-0.25, -0.2) is 9.59 Å². The van der Waals surface area contributed by atoms with Crippen molar-refractivity contribution < 1.29 is 28.6 Å². The van der Waals surface area contributed by atoms with Crippen molar-refractivity contribution >= 4 is 17.9 Å². The van der Waals surface area contributed by atoms with Gasteiger partial charge in [-0.05, 0) is 30.3 Å². The molecular weight excluding hydrogens is 336 g/mol. The predicted molar refractivity (Wildman–Crippen MR) is 91.2 cm³/mol. The van der Waals surface area contributed by atoms with Crippen molar-refractivity contribution in [2.75, 3.05) is 6.61 Å². The first-order valence-corrected chi connectivity index (χ1v) is 8.01. The number of carbonyl (C=O) groups is 3. The molecule has 0 saturated heterocycles. The predicted octanol–water partition coefficient (Wildman–Crippen LogP) is 2.90. The molecule has 26 heavy (non-hydrogen) atoms. The zero-order valence-corrected chi connectivity index (χ0v) is 13.8. The van der Waals surface area contributed by atoms with E-state index in [9.17, 15) is 14.4 Å². The van der Waals surface area contributed by atoms with Crippen LogP contribution in [0.1, 0.15) is 27.1 Å². The Labute approximate surface area is 150 Å². The molecule has 0 fully saturated rings. The van der Waals surface area contributed by atoms with Gasteiger partial charge >= 0.3 is 17.9 Å². The lowest BCUT2D eigenvalue weighted by atomic mass is 10.2. The van der Waals surface area contributed by atoms with Crippen LogP contribution in [0.25, 0.3) is 0 Å². The van der Waals surface area contributed by atoms with Crippen molar-refractivity contribution in [1.29, 1.82) is 0 Å². The van der Waals surface area contributed by atoms with E-state index < -0.39 is 24.0 Å². The molecule has 0 aromatic heterocycles. The standard InChI is InChI=1S/C20H16O6/c21-18-12-16(26-20(23)15-9-5-2-6-10-15)11-17(25-18)13-24-19(22)14-7-3-1-4-8-14/h1-11,17H,12-13H2/t17-/m0/s1. The lowest BCUT2D eigenvalue weighted by Crippen LogP contribution is -2.28. The fourth-order valence-corrected chi connectivity index (χ4v) is 2.37. The zero-order chi connectivity index (χ0) is 18.4. The number of cyclic esters (lactones) is 1. The molecular formula is C20H16O6. The molecule has 2 aromatic rings. The van der Waals surface area contributed by atoms with Crippen LogP contribution in [-0.2, 0) is 19.0 Å². The minimum atomic E-state index is -0.803. The number of benzene rings is 2. The maximum Gasteiger partial charge on any atom is 0.343 e. The molecule has 3 rings (SSSR count). The normalized spacial score (nSPS) is 16.2. The number of hydrogen-bond acceptors (Lipinski definition) is 6. The maximum atomic E-state index is 12.1. The van der Waals surface area contributed by atoms with Crippen LogP contribution in [0.2, 0.25) is 0 Å². The first-order chi connectivity index (χ1) is 12.6. The topological polar surface area (TPSA) is 78.9 Å². The minimum absolute atomic E-state index is 0.151. The maximum absolute atomic E-state index is 12.1. The van der Waals surface area contributed by atoms with Gasteiger partial charge in [-0.2, -0.15) is 0 Å². The largest absolute Gasteiger partial charge is 0.458 e. The smallest absolute Gasteiger partial charge is 0.343 e. The molecule has 0 unspecified atom stereocenters. The molecule has 6 nitrogen and oxygen atoms in total. The Morgan fingerprint density at radius 2 is 1.50 bits per heavy atom. The van der Waals surface area contributed by atoms with E-state index in [0.717, 1.165) is 0 Å². The number of rotatable bonds is 5. The zero-order valence-electron chi connectivity index (χ0n) is 13.8. The molecule has 0 N–H and O–H groups in total. The van der Waals surface area contributed by atoms with E-state index in [2.05, 4.69) is 0 Å². The molecule has 1 aliphatic heterocycles. The number of ether oxygens (including phenoxy) is 3. The monoisotopic (exact) mass is 352 g/mol. The second kappa shape index (κ2) is 8.11. The average molecular weight is 352 g/mol. The van der Waals surface area contributed by atoms with E-state index in [-0.39, 0.29) is 18.8 Å². The van der Waals surface area contributed by atoms with Gasteiger partial charge < -0.3 is 14.2 Å². The minimum Gasteiger partial charge on any atom is -0.458 e. The number of esters is 3. The highest BCUT2D eigenvalue weighted by atomic mass is 16.6. The van der Waals surface area contributed by atoms with Gasteiger partial charge in [-0.1, -0.05) is 36.4 Å². The Morgan fingerprint density at radius 3 is 2.12 bits per heavy atom. The average Bonchev–Trinajstić information content (AvgIpc) is 2.67. The summed E-state index contributed by atoms with van der Waals surface area (Å²) in [6.07, 6.45) is 0.518. The lowest BCUT2D eigenvalue weighted by molar-refractivity contribution is -0.150. The summed E-state index contributed by atoms with van der Waals surface area (Å²) in [4.78, 5) is 35.7. The molecule has 2 aromatic carbocycles. The molecule has 132 valence electrons. The second-order valence-electron chi connectivity index (χ2n) is 5.56. The van der Waals surface area contributed by atoms with Gasteiger partial charge in [0.2, 0.25) is 0 Å². The van der Waals surface area contributed by atoms with Crippen molar-refractivity contribution in [3.05, 3.63) is 83.6 Å². The second-order valence-corrected chi connectivity index (χ2v) is 5.56. The van der Waals surface area contributed by atoms with E-state index >= 15 is 0 Å². The molecule has 0 aliphatic carbocycles. The van der Waals surface area contributed by atoms with E-state index in [1.807, 2.05) is 0 Å². The van der Waals surface area contributed by atoms with Crippen LogP contribution in [-0.4, -0.2) is 30.6 Å². The van der Waals surface area contributed by atoms with Crippen LogP contribution in [0.3, 0.4) is 0 Å². The van der Waals surface area contributed by atoms with Crippen molar-refractivity contribution in [3.8, 4) is 0 Å². The summed E-state index contributed by atoms with van der Waals surface area (Å²) in [5, 5.41) is 0. The van der Waals surface area contributed by atoms with Crippen LogP contribution < -0.4 is 0 Å². The fourth-order valence-electron chi connectivity index (χ4n) is 2.37. The highest BCUT2D eigenvalue weighted by Crippen LogP contribution is 2.18. The molecule has 0 saturated carbocycles. The third-order valence-corrected chi connectivity index (χ3v) is 3.59. The van der Waals surface area contributed by atoms with Crippen LogP contribution in [0.4, 0.5) is 0 Å². The Hall–Kier alpha value is -3.41. The summed E-state index contributed by atoms with van der Waals surface area (Å²) < 4.78 is 15.5. The van der Waals surface area contributed by atoms with Gasteiger partial charge in [0.25, 0.3) is 0 Å². The summed E-state index contributed by atoms with van der Waals surface area (Å²) in [7, 11) is 0. The summed E-state index contributed by atoms with van der Waals surface area (Å²) in [6.45, 7) is -0.161. The Bertz CT molecular complexity index is 826. The van der Waals surface area contributed by atoms with Crippen molar-refractivity contribution in [2.24, 2.45) is 0 Å². The van der Waals surface area contributed by atoms with Gasteiger partial charge in [-0.15, -0.1) is 0 Å². The van der Waals surface area contributed by atoms with Gasteiger partial charge in [0, 0.05) is 0 Å². The highest BCUT2D eigenvalue weighted by Gasteiger charge is 2.25. The van der Waals surface area contributed by atoms with E-state index in [0.29, 0.717) is 11.1 Å². The molecule has 1 heterocycles. The first-order valence-electron chi connectivity index (χ1n) is 8.01. The van der Waals surface area contributed by atoms with Gasteiger partial charge in [0.15, 0.2) is 6.10 Å². The SMILES string of the molecule is O=C1CC(OC(=O)c2ccccc2)=C[C@@H](COC(=O)c2ccccc2)O1. The van der Waals surface area contributed by atoms with Crippen molar-refractivity contribution in [3.63, 3.8) is 0 Å².